The molecule has 0 saturated carbocycles. The molecule has 0 radical (unpaired) electrons. The highest BCUT2D eigenvalue weighted by molar-refractivity contribution is 5.53. The van der Waals surface area contributed by atoms with Crippen LogP contribution in [0.3, 0.4) is 0 Å². The summed E-state index contributed by atoms with van der Waals surface area (Å²) in [7, 11) is 1.61. The maximum atomic E-state index is 10.0. The van der Waals surface area contributed by atoms with Crippen LogP contribution in [0.1, 0.15) is 24.2 Å². The Kier molecular flexibility index (Phi) is 3.03. The number of hydrogen-bond acceptors (Lipinski definition) is 4. The first-order chi connectivity index (χ1) is 7.65. The van der Waals surface area contributed by atoms with Gasteiger partial charge in [0, 0.05) is 18.0 Å². The lowest BCUT2D eigenvalue weighted by Gasteiger charge is -2.18. The van der Waals surface area contributed by atoms with Crippen molar-refractivity contribution in [3.8, 4) is 11.5 Å². The third kappa shape index (κ3) is 1.74. The molecule has 2 atom stereocenters. The Morgan fingerprint density at radius 3 is 2.88 bits per heavy atom. The SMILES string of the molecule is COc1ccc(C(O)C(C)N)c2c1OCC2. The fourth-order valence-corrected chi connectivity index (χ4v) is 2.01. The summed E-state index contributed by atoms with van der Waals surface area (Å²) in [6.45, 7) is 2.42. The van der Waals surface area contributed by atoms with Crippen LogP contribution in [-0.4, -0.2) is 24.9 Å². The van der Waals surface area contributed by atoms with Crippen molar-refractivity contribution in [1.82, 2.24) is 0 Å². The van der Waals surface area contributed by atoms with E-state index in [0.29, 0.717) is 12.4 Å². The molecule has 0 aromatic heterocycles. The second-order valence-electron chi connectivity index (χ2n) is 4.07. The van der Waals surface area contributed by atoms with Crippen molar-refractivity contribution in [2.24, 2.45) is 5.73 Å². The summed E-state index contributed by atoms with van der Waals surface area (Å²) in [6.07, 6.45) is 0.146. The van der Waals surface area contributed by atoms with E-state index in [9.17, 15) is 5.11 Å². The summed E-state index contributed by atoms with van der Waals surface area (Å²) in [5, 5.41) is 10.0. The Balaban J connectivity index is 2.45. The Bertz CT molecular complexity index is 390. The lowest BCUT2D eigenvalue weighted by Crippen LogP contribution is -2.25. The third-order valence-electron chi connectivity index (χ3n) is 2.90. The van der Waals surface area contributed by atoms with Gasteiger partial charge in [-0.05, 0) is 18.6 Å². The van der Waals surface area contributed by atoms with Crippen LogP contribution >= 0.6 is 0 Å². The van der Waals surface area contributed by atoms with Gasteiger partial charge in [0.1, 0.15) is 0 Å². The van der Waals surface area contributed by atoms with Crippen LogP contribution < -0.4 is 15.2 Å². The van der Waals surface area contributed by atoms with Crippen LogP contribution in [0.15, 0.2) is 12.1 Å². The first-order valence-electron chi connectivity index (χ1n) is 5.41. The van der Waals surface area contributed by atoms with Gasteiger partial charge in [0.15, 0.2) is 11.5 Å². The fourth-order valence-electron chi connectivity index (χ4n) is 2.01. The van der Waals surface area contributed by atoms with Crippen LogP contribution in [0.5, 0.6) is 11.5 Å². The van der Waals surface area contributed by atoms with Gasteiger partial charge in [0.2, 0.25) is 0 Å². The van der Waals surface area contributed by atoms with Gasteiger partial charge in [0.05, 0.1) is 19.8 Å². The van der Waals surface area contributed by atoms with Crippen molar-refractivity contribution in [2.75, 3.05) is 13.7 Å². The standard InChI is InChI=1S/C12H17NO3/c1-7(13)11(14)8-3-4-10(15-2)12-9(8)5-6-16-12/h3-4,7,11,14H,5-6,13H2,1-2H3. The van der Waals surface area contributed by atoms with E-state index in [1.54, 1.807) is 14.0 Å². The highest BCUT2D eigenvalue weighted by Gasteiger charge is 2.25. The molecule has 1 heterocycles. The molecule has 2 rings (SSSR count). The predicted octanol–water partition coefficient (Wildman–Crippen LogP) is 1.01. The van der Waals surface area contributed by atoms with Crippen LogP contribution in [-0.2, 0) is 6.42 Å². The predicted molar refractivity (Wildman–Crippen MR) is 60.8 cm³/mol. The van der Waals surface area contributed by atoms with E-state index in [2.05, 4.69) is 0 Å². The number of benzene rings is 1. The molecule has 4 heteroatoms. The molecule has 1 aromatic rings. The van der Waals surface area contributed by atoms with Crippen LogP contribution in [0.2, 0.25) is 0 Å². The van der Waals surface area contributed by atoms with Crippen molar-refractivity contribution >= 4 is 0 Å². The van der Waals surface area contributed by atoms with Crippen molar-refractivity contribution in [3.05, 3.63) is 23.3 Å². The van der Waals surface area contributed by atoms with Gasteiger partial charge in [-0.1, -0.05) is 6.07 Å². The second-order valence-corrected chi connectivity index (χ2v) is 4.07. The Morgan fingerprint density at radius 1 is 1.50 bits per heavy atom. The van der Waals surface area contributed by atoms with Gasteiger partial charge in [-0.2, -0.15) is 0 Å². The van der Waals surface area contributed by atoms with E-state index in [1.165, 1.54) is 0 Å². The molecule has 16 heavy (non-hydrogen) atoms. The van der Waals surface area contributed by atoms with Crippen LogP contribution in [0.4, 0.5) is 0 Å². The quantitative estimate of drug-likeness (QED) is 0.802. The summed E-state index contributed by atoms with van der Waals surface area (Å²) in [4.78, 5) is 0. The van der Waals surface area contributed by atoms with E-state index in [-0.39, 0.29) is 6.04 Å². The van der Waals surface area contributed by atoms with E-state index in [4.69, 9.17) is 15.2 Å². The maximum Gasteiger partial charge on any atom is 0.164 e. The average molecular weight is 223 g/mol. The topological polar surface area (TPSA) is 64.7 Å². The summed E-state index contributed by atoms with van der Waals surface area (Å²) in [5.41, 5.74) is 7.58. The van der Waals surface area contributed by atoms with Gasteiger partial charge < -0.3 is 20.3 Å². The molecule has 1 aliphatic heterocycles. The monoisotopic (exact) mass is 223 g/mol. The Labute approximate surface area is 95.0 Å². The first-order valence-corrected chi connectivity index (χ1v) is 5.41. The Hall–Kier alpha value is -1.26. The normalized spacial score (nSPS) is 17.5. The molecule has 2 unspecified atom stereocenters. The van der Waals surface area contributed by atoms with Gasteiger partial charge in [-0.3, -0.25) is 0 Å². The van der Waals surface area contributed by atoms with Gasteiger partial charge in [0.25, 0.3) is 0 Å². The number of nitrogens with two attached hydrogens (primary N) is 1. The fraction of sp³-hybridized carbons (Fsp3) is 0.500. The summed E-state index contributed by atoms with van der Waals surface area (Å²) in [6, 6.07) is 3.38. The highest BCUT2D eigenvalue weighted by Crippen LogP contribution is 2.40. The van der Waals surface area contributed by atoms with E-state index < -0.39 is 6.10 Å². The molecule has 1 aliphatic rings. The van der Waals surface area contributed by atoms with Crippen LogP contribution in [0, 0.1) is 0 Å². The molecule has 88 valence electrons. The average Bonchev–Trinajstić information content (AvgIpc) is 2.75. The number of aliphatic hydroxyl groups is 1. The maximum absolute atomic E-state index is 10.0. The van der Waals surface area contributed by atoms with Crippen molar-refractivity contribution in [3.63, 3.8) is 0 Å². The second kappa shape index (κ2) is 4.31. The number of aliphatic hydroxyl groups excluding tert-OH is 1. The van der Waals surface area contributed by atoms with Crippen molar-refractivity contribution in [1.29, 1.82) is 0 Å². The van der Waals surface area contributed by atoms with Crippen molar-refractivity contribution < 1.29 is 14.6 Å². The van der Waals surface area contributed by atoms with Gasteiger partial charge in [-0.25, -0.2) is 0 Å². The molecule has 0 amide bonds. The molecule has 4 nitrogen and oxygen atoms in total. The van der Waals surface area contributed by atoms with E-state index >= 15 is 0 Å². The molecular formula is C12H17NO3. The number of ether oxygens (including phenoxy) is 2. The summed E-state index contributed by atoms with van der Waals surface area (Å²) < 4.78 is 10.7. The minimum absolute atomic E-state index is 0.293. The van der Waals surface area contributed by atoms with E-state index in [1.807, 2.05) is 12.1 Å². The van der Waals surface area contributed by atoms with Gasteiger partial charge >= 0.3 is 0 Å². The summed E-state index contributed by atoms with van der Waals surface area (Å²) >= 11 is 0. The number of hydrogen-bond donors (Lipinski definition) is 2. The zero-order chi connectivity index (χ0) is 11.7. The molecule has 0 bridgehead atoms. The van der Waals surface area contributed by atoms with E-state index in [0.717, 1.165) is 23.3 Å². The first kappa shape index (κ1) is 11.2. The van der Waals surface area contributed by atoms with Gasteiger partial charge in [-0.15, -0.1) is 0 Å². The number of fused-ring (bicyclic) bond motifs is 1. The minimum Gasteiger partial charge on any atom is -0.493 e. The zero-order valence-corrected chi connectivity index (χ0v) is 9.56. The molecule has 0 spiro atoms. The molecule has 0 aliphatic carbocycles. The summed E-state index contributed by atoms with van der Waals surface area (Å²) in [5.74, 6) is 1.47. The largest absolute Gasteiger partial charge is 0.493 e. The molecule has 0 saturated heterocycles. The molecular weight excluding hydrogens is 206 g/mol. The molecule has 1 aromatic carbocycles. The van der Waals surface area contributed by atoms with Crippen LogP contribution in [0.25, 0.3) is 0 Å². The Morgan fingerprint density at radius 2 is 2.25 bits per heavy atom. The number of methoxy groups -OCH3 is 1. The smallest absolute Gasteiger partial charge is 0.164 e. The number of rotatable bonds is 3. The molecule has 0 fully saturated rings. The lowest BCUT2D eigenvalue weighted by molar-refractivity contribution is 0.152. The highest BCUT2D eigenvalue weighted by atomic mass is 16.5. The zero-order valence-electron chi connectivity index (χ0n) is 9.56. The lowest BCUT2D eigenvalue weighted by atomic mass is 9.96. The molecule has 3 N–H and O–H groups in total. The third-order valence-corrected chi connectivity index (χ3v) is 2.90. The minimum atomic E-state index is -0.652. The van der Waals surface area contributed by atoms with Crippen molar-refractivity contribution in [2.45, 2.75) is 25.5 Å².